The second-order valence-electron chi connectivity index (χ2n) is 5.44. The molecule has 0 unspecified atom stereocenters. The Hall–Kier alpha value is -3.03. The summed E-state index contributed by atoms with van der Waals surface area (Å²) in [6.07, 6.45) is -0.923. The molecule has 0 saturated heterocycles. The van der Waals surface area contributed by atoms with Crippen LogP contribution in [0, 0.1) is 13.8 Å². The highest BCUT2D eigenvalue weighted by Gasteiger charge is 2.29. The maximum atomic E-state index is 12.6. The van der Waals surface area contributed by atoms with Crippen LogP contribution in [-0.4, -0.2) is 25.4 Å². The van der Waals surface area contributed by atoms with E-state index in [0.29, 0.717) is 28.5 Å². The number of H-pyrrole nitrogens is 1. The molecule has 0 aliphatic rings. The molecule has 0 aliphatic carbocycles. The van der Waals surface area contributed by atoms with Crippen molar-refractivity contribution in [3.8, 4) is 11.4 Å². The van der Waals surface area contributed by atoms with Crippen molar-refractivity contribution in [2.45, 2.75) is 20.0 Å². The van der Waals surface area contributed by atoms with Crippen LogP contribution >= 0.6 is 0 Å². The first-order valence-corrected chi connectivity index (χ1v) is 7.42. The average Bonchev–Trinajstić information content (AvgIpc) is 2.98. The Bertz CT molecular complexity index is 911. The average molecular weight is 345 g/mol. The van der Waals surface area contributed by atoms with Crippen LogP contribution in [0.5, 0.6) is 0 Å². The molecule has 25 heavy (non-hydrogen) atoms. The van der Waals surface area contributed by atoms with Gasteiger partial charge in [0.15, 0.2) is 0 Å². The van der Waals surface area contributed by atoms with Crippen molar-refractivity contribution in [1.82, 2.24) is 25.4 Å². The molecule has 8 heteroatoms. The number of halogens is 3. The highest BCUT2D eigenvalue weighted by Crippen LogP contribution is 2.29. The molecular weight excluding hydrogens is 331 g/mol. The van der Waals surface area contributed by atoms with E-state index in [4.69, 9.17) is 0 Å². The third kappa shape index (κ3) is 3.90. The molecule has 1 N–H and O–H groups in total. The number of aromatic nitrogens is 5. The molecule has 0 fully saturated rings. The van der Waals surface area contributed by atoms with E-state index in [-0.39, 0.29) is 0 Å². The summed E-state index contributed by atoms with van der Waals surface area (Å²) in [5, 5.41) is 10.6. The van der Waals surface area contributed by atoms with Crippen LogP contribution in [0.3, 0.4) is 0 Å². The largest absolute Gasteiger partial charge is 0.416 e. The fourth-order valence-corrected chi connectivity index (χ4v) is 2.29. The first-order valence-electron chi connectivity index (χ1n) is 7.42. The molecule has 1 aromatic carbocycles. The highest BCUT2D eigenvalue weighted by molar-refractivity contribution is 5.70. The number of hydrogen-bond donors (Lipinski definition) is 1. The monoisotopic (exact) mass is 345 g/mol. The zero-order valence-electron chi connectivity index (χ0n) is 13.5. The number of rotatable bonds is 3. The second kappa shape index (κ2) is 6.46. The Kier molecular flexibility index (Phi) is 4.35. The zero-order valence-corrected chi connectivity index (χ0v) is 13.5. The van der Waals surface area contributed by atoms with Gasteiger partial charge in [0.05, 0.1) is 22.6 Å². The van der Waals surface area contributed by atoms with Crippen molar-refractivity contribution in [1.29, 1.82) is 0 Å². The summed E-state index contributed by atoms with van der Waals surface area (Å²) in [6, 6.07) is 6.68. The van der Waals surface area contributed by atoms with Gasteiger partial charge < -0.3 is 0 Å². The Morgan fingerprint density at radius 3 is 2.28 bits per heavy atom. The normalized spacial score (nSPS) is 12.0. The molecule has 0 radical (unpaired) electrons. The zero-order chi connectivity index (χ0) is 18.0. The maximum Gasteiger partial charge on any atom is 0.416 e. The molecule has 5 nitrogen and oxygen atoms in total. The maximum absolute atomic E-state index is 12.6. The second-order valence-corrected chi connectivity index (χ2v) is 5.44. The number of aromatic amines is 1. The van der Waals surface area contributed by atoms with Gasteiger partial charge in [-0.25, -0.2) is 9.97 Å². The lowest BCUT2D eigenvalue weighted by atomic mass is 10.1. The smallest absolute Gasteiger partial charge is 0.234 e. The topological polar surface area (TPSA) is 67.3 Å². The number of hydrogen-bond acceptors (Lipinski definition) is 4. The Labute approximate surface area is 141 Å². The third-order valence-corrected chi connectivity index (χ3v) is 3.51. The van der Waals surface area contributed by atoms with Gasteiger partial charge in [0.25, 0.3) is 0 Å². The van der Waals surface area contributed by atoms with Crippen molar-refractivity contribution in [3.05, 3.63) is 58.7 Å². The fraction of sp³-hybridized carbons (Fsp3) is 0.176. The summed E-state index contributed by atoms with van der Waals surface area (Å²) in [4.78, 5) is 8.65. The Morgan fingerprint density at radius 1 is 0.960 bits per heavy atom. The summed E-state index contributed by atoms with van der Waals surface area (Å²) < 4.78 is 37.7. The van der Waals surface area contributed by atoms with E-state index in [1.807, 2.05) is 6.92 Å². The first kappa shape index (κ1) is 16.8. The third-order valence-electron chi connectivity index (χ3n) is 3.51. The number of benzene rings is 1. The van der Waals surface area contributed by atoms with Crippen molar-refractivity contribution >= 4 is 12.2 Å². The van der Waals surface area contributed by atoms with Crippen LogP contribution in [0.1, 0.15) is 28.3 Å². The van der Waals surface area contributed by atoms with Crippen LogP contribution in [0.15, 0.2) is 30.3 Å². The van der Waals surface area contributed by atoms with E-state index in [1.54, 1.807) is 25.1 Å². The number of nitrogens with one attached hydrogen (secondary N) is 1. The van der Waals surface area contributed by atoms with E-state index < -0.39 is 11.7 Å². The van der Waals surface area contributed by atoms with Crippen molar-refractivity contribution in [3.63, 3.8) is 0 Å². The molecule has 0 bridgehead atoms. The lowest BCUT2D eigenvalue weighted by molar-refractivity contribution is -0.137. The predicted octanol–water partition coefficient (Wildman–Crippen LogP) is 4.07. The molecule has 2 heterocycles. The van der Waals surface area contributed by atoms with Gasteiger partial charge in [0.2, 0.25) is 0 Å². The van der Waals surface area contributed by atoms with Gasteiger partial charge >= 0.3 is 6.18 Å². The van der Waals surface area contributed by atoms with E-state index >= 15 is 0 Å². The first-order chi connectivity index (χ1) is 11.8. The number of alkyl halides is 3. The molecule has 0 spiro atoms. The summed E-state index contributed by atoms with van der Waals surface area (Å²) in [7, 11) is 0. The van der Waals surface area contributed by atoms with Crippen LogP contribution < -0.4 is 0 Å². The Morgan fingerprint density at radius 2 is 1.68 bits per heavy atom. The quantitative estimate of drug-likeness (QED) is 0.777. The van der Waals surface area contributed by atoms with E-state index in [2.05, 4.69) is 25.4 Å². The van der Waals surface area contributed by atoms with Gasteiger partial charge in [-0.2, -0.15) is 28.6 Å². The van der Waals surface area contributed by atoms with Gasteiger partial charge in [-0.15, -0.1) is 0 Å². The lowest BCUT2D eigenvalue weighted by Crippen LogP contribution is -2.03. The molecule has 0 saturated carbocycles. The summed E-state index contributed by atoms with van der Waals surface area (Å²) >= 11 is 0. The summed E-state index contributed by atoms with van der Waals surface area (Å²) in [6.45, 7) is 3.57. The molecule has 3 aromatic rings. The minimum Gasteiger partial charge on any atom is -0.234 e. The van der Waals surface area contributed by atoms with Crippen LogP contribution in [0.2, 0.25) is 0 Å². The molecule has 2 aromatic heterocycles. The lowest BCUT2D eigenvalue weighted by Gasteiger charge is -2.06. The molecular formula is C17H14F3N5. The number of aryl methyl sites for hydroxylation is 2. The van der Waals surface area contributed by atoms with Crippen LogP contribution in [0.4, 0.5) is 13.2 Å². The molecule has 3 rings (SSSR count). The molecule has 0 amide bonds. The standard InChI is InChI=1S/C17H14F3N5/c1-10-16(24-25-23-10)15-9-14(21-11(2)22-15)8-5-12-3-6-13(7-4-12)17(18,19)20/h3-9H,1-2H3,(H,23,24,25)/b8-5+. The fourth-order valence-electron chi connectivity index (χ4n) is 2.29. The van der Waals surface area contributed by atoms with E-state index in [0.717, 1.165) is 17.8 Å². The number of nitrogens with zero attached hydrogens (tertiary/aromatic N) is 4. The predicted molar refractivity (Wildman–Crippen MR) is 87.3 cm³/mol. The minimum atomic E-state index is -4.34. The Balaban J connectivity index is 1.87. The van der Waals surface area contributed by atoms with Gasteiger partial charge in [0, 0.05) is 0 Å². The summed E-state index contributed by atoms with van der Waals surface area (Å²) in [5.41, 5.74) is 2.58. The van der Waals surface area contributed by atoms with Crippen molar-refractivity contribution < 1.29 is 13.2 Å². The van der Waals surface area contributed by atoms with Crippen molar-refractivity contribution in [2.75, 3.05) is 0 Å². The molecule has 0 atom stereocenters. The van der Waals surface area contributed by atoms with Gasteiger partial charge in [-0.05, 0) is 43.7 Å². The van der Waals surface area contributed by atoms with Gasteiger partial charge in [-0.3, -0.25) is 0 Å². The highest BCUT2D eigenvalue weighted by atomic mass is 19.4. The van der Waals surface area contributed by atoms with Gasteiger partial charge in [0.1, 0.15) is 11.5 Å². The van der Waals surface area contributed by atoms with E-state index in [1.165, 1.54) is 12.1 Å². The van der Waals surface area contributed by atoms with Crippen LogP contribution in [0.25, 0.3) is 23.5 Å². The van der Waals surface area contributed by atoms with Gasteiger partial charge in [-0.1, -0.05) is 18.2 Å². The minimum absolute atomic E-state index is 0.562. The SMILES string of the molecule is Cc1nc(/C=C/c2ccc(C(F)(F)F)cc2)cc(-c2n[nH]nc2C)n1. The summed E-state index contributed by atoms with van der Waals surface area (Å²) in [5.74, 6) is 0.562. The van der Waals surface area contributed by atoms with E-state index in [9.17, 15) is 13.2 Å². The molecule has 128 valence electrons. The van der Waals surface area contributed by atoms with Crippen molar-refractivity contribution in [2.24, 2.45) is 0 Å². The van der Waals surface area contributed by atoms with Crippen LogP contribution in [-0.2, 0) is 6.18 Å². The molecule has 0 aliphatic heterocycles.